The van der Waals surface area contributed by atoms with E-state index in [-0.39, 0.29) is 0 Å². The maximum absolute atomic E-state index is 10.6. The van der Waals surface area contributed by atoms with E-state index < -0.39 is 0 Å². The monoisotopic (exact) mass is 400 g/mol. The highest BCUT2D eigenvalue weighted by atomic mass is 35.5. The SMILES string of the molecule is CC1C=CC(Cl)=CN1.CN=C(Nc1c(C)ccc2ccc(NC=O)cc12)OC. The van der Waals surface area contributed by atoms with E-state index in [0.29, 0.717) is 18.5 Å². The molecule has 2 aromatic rings. The Morgan fingerprint density at radius 1 is 1.32 bits per heavy atom. The van der Waals surface area contributed by atoms with Crippen LogP contribution in [0.3, 0.4) is 0 Å². The summed E-state index contributed by atoms with van der Waals surface area (Å²) < 4.78 is 5.15. The largest absolute Gasteiger partial charge is 0.468 e. The third-order valence-electron chi connectivity index (χ3n) is 4.11. The summed E-state index contributed by atoms with van der Waals surface area (Å²) in [6, 6.07) is 10.7. The average molecular weight is 401 g/mol. The molecule has 0 spiro atoms. The van der Waals surface area contributed by atoms with Crippen molar-refractivity contribution in [3.05, 3.63) is 59.3 Å². The molecule has 0 radical (unpaired) electrons. The van der Waals surface area contributed by atoms with Gasteiger partial charge in [-0.25, -0.2) is 4.99 Å². The topological polar surface area (TPSA) is 74.8 Å². The van der Waals surface area contributed by atoms with Crippen LogP contribution in [0.2, 0.25) is 0 Å². The van der Waals surface area contributed by atoms with Crippen LogP contribution in [0.5, 0.6) is 0 Å². The number of benzene rings is 2. The summed E-state index contributed by atoms with van der Waals surface area (Å²) >= 11 is 5.59. The van der Waals surface area contributed by atoms with Gasteiger partial charge in [0.1, 0.15) is 0 Å². The molecule has 0 aromatic heterocycles. The number of ether oxygens (including phenoxy) is 1. The number of nitrogens with zero attached hydrogens (tertiary/aromatic N) is 1. The number of nitrogens with one attached hydrogen (secondary N) is 3. The number of dihydropyridines is 1. The highest BCUT2D eigenvalue weighted by Crippen LogP contribution is 2.29. The van der Waals surface area contributed by atoms with Gasteiger partial charge in [0.2, 0.25) is 6.41 Å². The highest BCUT2D eigenvalue weighted by Gasteiger charge is 2.08. The number of amides is 1. The maximum atomic E-state index is 10.6. The number of aliphatic imine (C=N–C) groups is 1. The van der Waals surface area contributed by atoms with Gasteiger partial charge in [-0.2, -0.15) is 0 Å². The van der Waals surface area contributed by atoms with Crippen molar-refractivity contribution in [1.82, 2.24) is 5.32 Å². The van der Waals surface area contributed by atoms with E-state index in [4.69, 9.17) is 16.3 Å². The Morgan fingerprint density at radius 3 is 2.64 bits per heavy atom. The fraction of sp³-hybridized carbons (Fsp3) is 0.238. The number of halogens is 1. The first kappa shape index (κ1) is 21.3. The predicted octanol–water partition coefficient (Wildman–Crippen LogP) is 4.38. The highest BCUT2D eigenvalue weighted by molar-refractivity contribution is 6.31. The molecule has 0 saturated heterocycles. The van der Waals surface area contributed by atoms with Gasteiger partial charge in [-0.05, 0) is 43.0 Å². The molecule has 1 aliphatic rings. The van der Waals surface area contributed by atoms with E-state index in [1.165, 1.54) is 0 Å². The lowest BCUT2D eigenvalue weighted by Crippen LogP contribution is -2.19. The normalized spacial score (nSPS) is 15.7. The first-order chi connectivity index (χ1) is 13.5. The quantitative estimate of drug-likeness (QED) is 0.406. The molecule has 0 aliphatic carbocycles. The van der Waals surface area contributed by atoms with Crippen LogP contribution in [0.1, 0.15) is 12.5 Å². The van der Waals surface area contributed by atoms with Crippen LogP contribution in [0, 0.1) is 6.92 Å². The number of fused-ring (bicyclic) bond motifs is 1. The van der Waals surface area contributed by atoms with Crippen molar-refractivity contribution >= 4 is 46.2 Å². The van der Waals surface area contributed by atoms with Crippen molar-refractivity contribution in [1.29, 1.82) is 0 Å². The standard InChI is InChI=1S/C15H17N3O2.C6H8ClN/c1-10-4-5-11-6-7-12(17-9-19)8-13(11)14(10)18-15(16-2)20-3;1-5-2-3-6(7)4-8-5/h4-9H,1-3H3,(H,16,18)(H,17,19);2-5,8H,1H3. The lowest BCUT2D eigenvalue weighted by molar-refractivity contribution is -0.105. The van der Waals surface area contributed by atoms with Gasteiger partial charge < -0.3 is 20.7 Å². The number of carbonyl (C=O) groups is 1. The molecule has 2 aromatic carbocycles. The van der Waals surface area contributed by atoms with Gasteiger partial charge in [0.25, 0.3) is 6.02 Å². The summed E-state index contributed by atoms with van der Waals surface area (Å²) in [6.07, 6.45) is 6.37. The van der Waals surface area contributed by atoms with Crippen LogP contribution in [0.4, 0.5) is 11.4 Å². The minimum absolute atomic E-state index is 0.428. The maximum Gasteiger partial charge on any atom is 0.288 e. The molecule has 1 aliphatic heterocycles. The number of carbonyl (C=O) groups excluding carboxylic acids is 1. The third-order valence-corrected chi connectivity index (χ3v) is 4.35. The first-order valence-corrected chi connectivity index (χ1v) is 9.17. The van der Waals surface area contributed by atoms with Crippen LogP contribution >= 0.6 is 11.6 Å². The number of hydrogen-bond donors (Lipinski definition) is 3. The molecule has 28 heavy (non-hydrogen) atoms. The zero-order valence-electron chi connectivity index (χ0n) is 16.4. The molecule has 0 bridgehead atoms. The molecular formula is C21H25ClN4O2. The van der Waals surface area contributed by atoms with Crippen molar-refractivity contribution in [3.63, 3.8) is 0 Å². The average Bonchev–Trinajstić information content (AvgIpc) is 2.70. The van der Waals surface area contributed by atoms with E-state index in [2.05, 4.69) is 27.9 Å². The number of anilines is 2. The number of hydrogen-bond acceptors (Lipinski definition) is 4. The lowest BCUT2D eigenvalue weighted by atomic mass is 10.0. The van der Waals surface area contributed by atoms with Crippen molar-refractivity contribution in [2.24, 2.45) is 4.99 Å². The fourth-order valence-corrected chi connectivity index (χ4v) is 2.74. The summed E-state index contributed by atoms with van der Waals surface area (Å²) in [5, 5.41) is 11.7. The second kappa shape index (κ2) is 10.4. The number of aryl methyl sites for hydroxylation is 1. The predicted molar refractivity (Wildman–Crippen MR) is 118 cm³/mol. The Morgan fingerprint density at radius 2 is 2.07 bits per heavy atom. The van der Waals surface area contributed by atoms with Gasteiger partial charge in [0, 0.05) is 30.4 Å². The van der Waals surface area contributed by atoms with Gasteiger partial charge in [-0.3, -0.25) is 4.79 Å². The number of rotatable bonds is 3. The Bertz CT molecular complexity index is 922. The van der Waals surface area contributed by atoms with Gasteiger partial charge in [0.15, 0.2) is 0 Å². The van der Waals surface area contributed by atoms with E-state index in [1.54, 1.807) is 20.4 Å². The zero-order valence-corrected chi connectivity index (χ0v) is 17.2. The molecule has 0 saturated carbocycles. The Balaban J connectivity index is 0.000000292. The summed E-state index contributed by atoms with van der Waals surface area (Å²) in [5.41, 5.74) is 2.73. The fourth-order valence-electron chi connectivity index (χ4n) is 2.61. The zero-order chi connectivity index (χ0) is 20.5. The molecule has 7 heteroatoms. The van der Waals surface area contributed by atoms with Gasteiger partial charge in [-0.1, -0.05) is 35.9 Å². The molecule has 6 nitrogen and oxygen atoms in total. The Kier molecular flexibility index (Phi) is 7.89. The van der Waals surface area contributed by atoms with Crippen LogP contribution in [0.25, 0.3) is 10.8 Å². The Hall–Kier alpha value is -2.99. The van der Waals surface area contributed by atoms with Crippen molar-refractivity contribution in [2.75, 3.05) is 24.8 Å². The number of allylic oxidation sites excluding steroid dienone is 2. The molecule has 3 rings (SSSR count). The van der Waals surface area contributed by atoms with Crippen LogP contribution in [0.15, 0.2) is 58.7 Å². The molecule has 1 amide bonds. The van der Waals surface area contributed by atoms with Crippen LogP contribution in [-0.2, 0) is 9.53 Å². The lowest BCUT2D eigenvalue weighted by Gasteiger charge is -2.14. The van der Waals surface area contributed by atoms with E-state index in [9.17, 15) is 4.79 Å². The van der Waals surface area contributed by atoms with Crippen LogP contribution in [-0.4, -0.2) is 32.6 Å². The van der Waals surface area contributed by atoms with Crippen molar-refractivity contribution < 1.29 is 9.53 Å². The molecule has 1 unspecified atom stereocenters. The molecular weight excluding hydrogens is 376 g/mol. The molecule has 1 heterocycles. The first-order valence-electron chi connectivity index (χ1n) is 8.79. The summed E-state index contributed by atoms with van der Waals surface area (Å²) in [4.78, 5) is 14.6. The van der Waals surface area contributed by atoms with Gasteiger partial charge in [0.05, 0.1) is 17.8 Å². The van der Waals surface area contributed by atoms with E-state index in [0.717, 1.165) is 32.7 Å². The minimum atomic E-state index is 0.428. The smallest absolute Gasteiger partial charge is 0.288 e. The summed E-state index contributed by atoms with van der Waals surface area (Å²) in [6.45, 7) is 4.07. The summed E-state index contributed by atoms with van der Waals surface area (Å²) in [7, 11) is 3.22. The van der Waals surface area contributed by atoms with Gasteiger partial charge >= 0.3 is 0 Å². The molecule has 3 N–H and O–H groups in total. The Labute approximate surface area is 170 Å². The number of methoxy groups -OCH3 is 1. The van der Waals surface area contributed by atoms with E-state index >= 15 is 0 Å². The van der Waals surface area contributed by atoms with Crippen molar-refractivity contribution in [2.45, 2.75) is 19.9 Å². The summed E-state index contributed by atoms with van der Waals surface area (Å²) in [5.74, 6) is 0. The molecule has 0 fully saturated rings. The van der Waals surface area contributed by atoms with E-state index in [1.807, 2.05) is 49.4 Å². The van der Waals surface area contributed by atoms with Gasteiger partial charge in [-0.15, -0.1) is 0 Å². The molecule has 148 valence electrons. The second-order valence-electron chi connectivity index (χ2n) is 6.16. The third kappa shape index (κ3) is 5.76. The minimum Gasteiger partial charge on any atom is -0.468 e. The van der Waals surface area contributed by atoms with Crippen LogP contribution < -0.4 is 16.0 Å². The number of amidine groups is 1. The second-order valence-corrected chi connectivity index (χ2v) is 6.59. The van der Waals surface area contributed by atoms with Crippen molar-refractivity contribution in [3.8, 4) is 0 Å². The molecule has 1 atom stereocenters.